The van der Waals surface area contributed by atoms with Crippen molar-refractivity contribution in [2.24, 2.45) is 0 Å². The molecule has 1 saturated heterocycles. The molecule has 2 amide bonds. The molecule has 27 heavy (non-hydrogen) atoms. The van der Waals surface area contributed by atoms with E-state index in [1.807, 2.05) is 55.5 Å². The fraction of sp³-hybridized carbons (Fsp3) is 0.250. The van der Waals surface area contributed by atoms with Gasteiger partial charge in [0.25, 0.3) is 0 Å². The van der Waals surface area contributed by atoms with Crippen molar-refractivity contribution in [3.05, 3.63) is 48.5 Å². The summed E-state index contributed by atoms with van der Waals surface area (Å²) in [6.45, 7) is 1.81. The molecule has 1 unspecified atom stereocenters. The van der Waals surface area contributed by atoms with Crippen molar-refractivity contribution in [3.63, 3.8) is 0 Å². The topological polar surface area (TPSA) is 75.4 Å². The lowest BCUT2D eigenvalue weighted by Gasteiger charge is -2.22. The molecule has 6 nitrogen and oxygen atoms in total. The molecule has 3 aromatic rings. The number of oxazole rings is 1. The first kappa shape index (κ1) is 17.6. The number of rotatable bonds is 4. The molecule has 0 aliphatic carbocycles. The zero-order chi connectivity index (χ0) is 18.8. The largest absolute Gasteiger partial charge is 0.436 e. The summed E-state index contributed by atoms with van der Waals surface area (Å²) in [5.74, 6) is 1.59. The minimum Gasteiger partial charge on any atom is -0.436 e. The van der Waals surface area contributed by atoms with Crippen LogP contribution in [0.3, 0.4) is 0 Å². The van der Waals surface area contributed by atoms with E-state index in [1.54, 1.807) is 16.7 Å². The van der Waals surface area contributed by atoms with Gasteiger partial charge >= 0.3 is 0 Å². The van der Waals surface area contributed by atoms with Gasteiger partial charge in [-0.15, -0.1) is 11.8 Å². The second kappa shape index (κ2) is 7.44. The van der Waals surface area contributed by atoms with Crippen LogP contribution in [0, 0.1) is 0 Å². The zero-order valence-electron chi connectivity index (χ0n) is 14.8. The average molecular weight is 381 g/mol. The molecule has 2 heterocycles. The van der Waals surface area contributed by atoms with Crippen LogP contribution in [0.5, 0.6) is 0 Å². The molecule has 1 aliphatic rings. The zero-order valence-corrected chi connectivity index (χ0v) is 15.7. The van der Waals surface area contributed by atoms with Crippen LogP contribution in [0.1, 0.15) is 13.3 Å². The minimum atomic E-state index is -0.417. The quantitative estimate of drug-likeness (QED) is 0.745. The summed E-state index contributed by atoms with van der Waals surface area (Å²) in [5.41, 5.74) is 3.07. The Morgan fingerprint density at radius 2 is 2.00 bits per heavy atom. The molecule has 1 aliphatic heterocycles. The summed E-state index contributed by atoms with van der Waals surface area (Å²) in [6, 6.07) is 14.5. The second-order valence-corrected chi connectivity index (χ2v) is 7.29. The first-order chi connectivity index (χ1) is 13.2. The second-order valence-electron chi connectivity index (χ2n) is 6.29. The van der Waals surface area contributed by atoms with E-state index in [2.05, 4.69) is 10.3 Å². The Kier molecular flexibility index (Phi) is 4.85. The Balaban J connectivity index is 1.47. The molecule has 1 N–H and O–H groups in total. The number of para-hydroxylation sites is 2. The number of carbonyl (C=O) groups is 2. The normalized spacial score (nSPS) is 16.6. The third-order valence-corrected chi connectivity index (χ3v) is 5.51. The van der Waals surface area contributed by atoms with Gasteiger partial charge in [-0.05, 0) is 36.4 Å². The molecule has 0 radical (unpaired) electrons. The molecule has 7 heteroatoms. The number of carbonyl (C=O) groups excluding carboxylic acids is 2. The van der Waals surface area contributed by atoms with Gasteiger partial charge in [-0.3, -0.25) is 9.59 Å². The number of hydrogen-bond acceptors (Lipinski definition) is 5. The summed E-state index contributed by atoms with van der Waals surface area (Å²) in [7, 11) is 0. The number of nitrogens with one attached hydrogen (secondary N) is 1. The van der Waals surface area contributed by atoms with E-state index in [0.29, 0.717) is 29.6 Å². The number of aromatic nitrogens is 1. The first-order valence-corrected chi connectivity index (χ1v) is 9.95. The molecule has 1 atom stereocenters. The van der Waals surface area contributed by atoms with Crippen molar-refractivity contribution in [1.82, 2.24) is 9.88 Å². The number of anilines is 1. The fourth-order valence-corrected chi connectivity index (χ4v) is 4.21. The fourth-order valence-electron chi connectivity index (χ4n) is 3.03. The van der Waals surface area contributed by atoms with Crippen molar-refractivity contribution in [1.29, 1.82) is 0 Å². The monoisotopic (exact) mass is 381 g/mol. The lowest BCUT2D eigenvalue weighted by Crippen LogP contribution is -2.44. The van der Waals surface area contributed by atoms with Crippen molar-refractivity contribution in [2.45, 2.75) is 19.4 Å². The van der Waals surface area contributed by atoms with E-state index >= 15 is 0 Å². The Morgan fingerprint density at radius 1 is 1.22 bits per heavy atom. The number of fused-ring (bicyclic) bond motifs is 1. The highest BCUT2D eigenvalue weighted by atomic mass is 32.2. The number of nitrogens with zero attached hydrogens (tertiary/aromatic N) is 2. The summed E-state index contributed by atoms with van der Waals surface area (Å²) in [6.07, 6.45) is 0.406. The van der Waals surface area contributed by atoms with E-state index < -0.39 is 6.04 Å². The van der Waals surface area contributed by atoms with Crippen LogP contribution in [0.15, 0.2) is 52.9 Å². The van der Waals surface area contributed by atoms with Crippen molar-refractivity contribution in [2.75, 3.05) is 16.9 Å². The Hall–Kier alpha value is -2.80. The Bertz CT molecular complexity index is 951. The molecule has 4 rings (SSSR count). The molecule has 138 valence electrons. The predicted molar refractivity (Wildman–Crippen MR) is 106 cm³/mol. The third-order valence-electron chi connectivity index (χ3n) is 4.50. The van der Waals surface area contributed by atoms with Gasteiger partial charge in [0.15, 0.2) is 5.58 Å². The van der Waals surface area contributed by atoms with Gasteiger partial charge in [-0.1, -0.05) is 19.1 Å². The van der Waals surface area contributed by atoms with Crippen molar-refractivity contribution < 1.29 is 14.0 Å². The predicted octanol–water partition coefficient (Wildman–Crippen LogP) is 3.74. The maximum atomic E-state index is 12.6. The molecule has 0 spiro atoms. The van der Waals surface area contributed by atoms with Gasteiger partial charge in [-0.2, -0.15) is 0 Å². The number of benzene rings is 2. The van der Waals surface area contributed by atoms with Crippen LogP contribution in [-0.2, 0) is 9.59 Å². The molecule has 0 saturated carbocycles. The summed E-state index contributed by atoms with van der Waals surface area (Å²) < 4.78 is 5.76. The number of amides is 2. The van der Waals surface area contributed by atoms with Gasteiger partial charge < -0.3 is 14.6 Å². The van der Waals surface area contributed by atoms with Crippen LogP contribution in [-0.4, -0.2) is 39.4 Å². The highest BCUT2D eigenvalue weighted by molar-refractivity contribution is 7.99. The van der Waals surface area contributed by atoms with Crippen LogP contribution in [0.2, 0.25) is 0 Å². The minimum absolute atomic E-state index is 0.00598. The van der Waals surface area contributed by atoms with E-state index in [-0.39, 0.29) is 11.8 Å². The Morgan fingerprint density at radius 3 is 2.74 bits per heavy atom. The van der Waals surface area contributed by atoms with E-state index in [0.717, 1.165) is 16.7 Å². The third kappa shape index (κ3) is 3.55. The lowest BCUT2D eigenvalue weighted by molar-refractivity contribution is -0.135. The maximum absolute atomic E-state index is 12.6. The van der Waals surface area contributed by atoms with Crippen LogP contribution in [0.25, 0.3) is 22.6 Å². The van der Waals surface area contributed by atoms with E-state index in [1.165, 1.54) is 0 Å². The molecule has 1 aromatic heterocycles. The molecule has 0 bridgehead atoms. The lowest BCUT2D eigenvalue weighted by atomic mass is 10.2. The summed E-state index contributed by atoms with van der Waals surface area (Å²) >= 11 is 1.60. The van der Waals surface area contributed by atoms with Gasteiger partial charge in [-0.25, -0.2) is 4.98 Å². The van der Waals surface area contributed by atoms with Crippen LogP contribution >= 0.6 is 11.8 Å². The smallest absolute Gasteiger partial charge is 0.248 e. The van der Waals surface area contributed by atoms with Crippen molar-refractivity contribution >= 4 is 40.4 Å². The van der Waals surface area contributed by atoms with Gasteiger partial charge in [0.2, 0.25) is 17.7 Å². The van der Waals surface area contributed by atoms with Crippen LogP contribution < -0.4 is 5.32 Å². The summed E-state index contributed by atoms with van der Waals surface area (Å²) in [4.78, 5) is 30.7. The average Bonchev–Trinajstić information content (AvgIpc) is 3.35. The molecule has 1 fully saturated rings. The highest BCUT2D eigenvalue weighted by Crippen LogP contribution is 2.26. The Labute approximate surface area is 160 Å². The number of hydrogen-bond donors (Lipinski definition) is 1. The number of thioether (sulfide) groups is 1. The van der Waals surface area contributed by atoms with E-state index in [4.69, 9.17) is 4.42 Å². The van der Waals surface area contributed by atoms with Crippen LogP contribution in [0.4, 0.5) is 5.69 Å². The van der Waals surface area contributed by atoms with E-state index in [9.17, 15) is 9.59 Å². The SMILES string of the molecule is CCC(=O)N1CSCC1C(=O)Nc1ccc(-c2nc3ccccc3o2)cc1. The first-order valence-electron chi connectivity index (χ1n) is 8.80. The van der Waals surface area contributed by atoms with Gasteiger partial charge in [0.05, 0.1) is 5.88 Å². The standard InChI is InChI=1S/C20H19N3O3S/c1-2-18(24)23-12-27-11-16(23)19(25)21-14-9-7-13(8-10-14)20-22-15-5-3-4-6-17(15)26-20/h3-10,16H,2,11-12H2,1H3,(H,21,25). The molecular formula is C20H19N3O3S. The molecular weight excluding hydrogens is 362 g/mol. The van der Waals surface area contributed by atoms with Gasteiger partial charge in [0.1, 0.15) is 11.6 Å². The molecule has 2 aromatic carbocycles. The highest BCUT2D eigenvalue weighted by Gasteiger charge is 2.33. The van der Waals surface area contributed by atoms with Crippen molar-refractivity contribution in [3.8, 4) is 11.5 Å². The maximum Gasteiger partial charge on any atom is 0.248 e. The summed E-state index contributed by atoms with van der Waals surface area (Å²) in [5, 5.41) is 2.90. The van der Waals surface area contributed by atoms with Gasteiger partial charge in [0, 0.05) is 23.4 Å².